The third-order valence-electron chi connectivity index (χ3n) is 4.87. The first-order valence-electron chi connectivity index (χ1n) is 10.8. The molecule has 0 aliphatic carbocycles. The van der Waals surface area contributed by atoms with E-state index < -0.39 is 43.7 Å². The molecule has 3 aromatic rings. The zero-order valence-electron chi connectivity index (χ0n) is 19.5. The lowest BCUT2D eigenvalue weighted by Crippen LogP contribution is -2.41. The number of ether oxygens (including phenoxy) is 2. The van der Waals surface area contributed by atoms with Crippen LogP contribution in [0.15, 0.2) is 54.7 Å². The van der Waals surface area contributed by atoms with Gasteiger partial charge in [-0.05, 0) is 54.8 Å². The predicted octanol–water partition coefficient (Wildman–Crippen LogP) is 6.05. The van der Waals surface area contributed by atoms with Crippen LogP contribution in [0.1, 0.15) is 16.7 Å². The van der Waals surface area contributed by atoms with Gasteiger partial charge in [0.1, 0.15) is 11.5 Å². The van der Waals surface area contributed by atoms with E-state index in [0.29, 0.717) is 5.75 Å². The highest BCUT2D eigenvalue weighted by Gasteiger charge is 2.44. The normalized spacial score (nSPS) is 12.9. The van der Waals surface area contributed by atoms with Crippen LogP contribution in [0.5, 0.6) is 17.4 Å². The minimum atomic E-state index is -4.98. The number of hydrogen-bond acceptors (Lipinski definition) is 6. The highest BCUT2D eigenvalue weighted by molar-refractivity contribution is 5.39. The summed E-state index contributed by atoms with van der Waals surface area (Å²) in [6.45, 7) is 2.26. The van der Waals surface area contributed by atoms with Crippen molar-refractivity contribution in [2.45, 2.75) is 45.2 Å². The van der Waals surface area contributed by atoms with Crippen LogP contribution in [0, 0.1) is 13.8 Å². The lowest BCUT2D eigenvalue weighted by atomic mass is 10.1. The molecule has 0 aliphatic heterocycles. The molecule has 0 amide bonds. The van der Waals surface area contributed by atoms with Crippen molar-refractivity contribution in [3.8, 4) is 17.4 Å². The molecule has 2 aromatic carbocycles. The summed E-state index contributed by atoms with van der Waals surface area (Å²) in [7, 11) is 0. The number of benzene rings is 2. The van der Waals surface area contributed by atoms with Crippen molar-refractivity contribution in [3.63, 3.8) is 0 Å². The molecule has 1 heterocycles. The number of halogens is 7. The monoisotopic (exact) mass is 533 g/mol. The lowest BCUT2D eigenvalue weighted by Gasteiger charge is -2.27. The van der Waals surface area contributed by atoms with Gasteiger partial charge in [-0.25, -0.2) is 4.98 Å². The smallest absolute Gasteiger partial charge is 0.439 e. The van der Waals surface area contributed by atoms with Gasteiger partial charge in [0.2, 0.25) is 11.8 Å². The van der Waals surface area contributed by atoms with Gasteiger partial charge in [-0.15, -0.1) is 0 Å². The lowest BCUT2D eigenvalue weighted by molar-refractivity contribution is -0.253. The average molecular weight is 533 g/mol. The Morgan fingerprint density at radius 2 is 1.62 bits per heavy atom. The van der Waals surface area contributed by atoms with Crippen LogP contribution in [-0.2, 0) is 6.54 Å². The Morgan fingerprint density at radius 3 is 2.24 bits per heavy atom. The number of aliphatic hydroxyl groups excluding tert-OH is 1. The molecule has 0 radical (unpaired) electrons. The molecule has 1 unspecified atom stereocenters. The fraction of sp³-hybridized carbons (Fsp3) is 0.333. The third-order valence-corrected chi connectivity index (χ3v) is 4.87. The summed E-state index contributed by atoms with van der Waals surface area (Å²) in [4.78, 5) is 9.03. The van der Waals surface area contributed by atoms with E-state index in [-0.39, 0.29) is 17.4 Å². The first-order valence-corrected chi connectivity index (χ1v) is 10.8. The minimum Gasteiger partial charge on any atom is -0.439 e. The van der Waals surface area contributed by atoms with Gasteiger partial charge in [0.15, 0.2) is 6.10 Å². The van der Waals surface area contributed by atoms with Crippen molar-refractivity contribution < 1.29 is 45.3 Å². The van der Waals surface area contributed by atoms with Gasteiger partial charge in [0, 0.05) is 18.8 Å². The van der Waals surface area contributed by atoms with E-state index in [1.54, 1.807) is 12.1 Å². The van der Waals surface area contributed by atoms with Gasteiger partial charge in [-0.2, -0.15) is 35.7 Å². The summed E-state index contributed by atoms with van der Waals surface area (Å²) in [5.74, 6) is -0.481. The Kier molecular flexibility index (Phi) is 8.46. The van der Waals surface area contributed by atoms with Gasteiger partial charge >= 0.3 is 18.7 Å². The van der Waals surface area contributed by atoms with Gasteiger partial charge in [0.25, 0.3) is 0 Å². The summed E-state index contributed by atoms with van der Waals surface area (Å²) in [5, 5.41) is 9.67. The molecule has 1 N–H and O–H groups in total. The van der Waals surface area contributed by atoms with E-state index in [2.05, 4.69) is 14.7 Å². The van der Waals surface area contributed by atoms with Crippen molar-refractivity contribution in [1.29, 1.82) is 0 Å². The van der Waals surface area contributed by atoms with Crippen molar-refractivity contribution in [2.24, 2.45) is 0 Å². The van der Waals surface area contributed by atoms with Gasteiger partial charge in [0.05, 0.1) is 6.54 Å². The molecule has 3 rings (SSSR count). The number of hydrogen-bond donors (Lipinski definition) is 1. The molecule has 1 aromatic heterocycles. The van der Waals surface area contributed by atoms with Crippen molar-refractivity contribution >= 4 is 5.95 Å². The van der Waals surface area contributed by atoms with E-state index in [9.17, 15) is 35.8 Å². The Labute approximate surface area is 207 Å². The fourth-order valence-electron chi connectivity index (χ4n) is 3.31. The maximum Gasteiger partial charge on any atom is 0.461 e. The summed E-state index contributed by atoms with van der Waals surface area (Å²) in [6.07, 6.45) is -15.4. The van der Waals surface area contributed by atoms with Crippen LogP contribution in [0.25, 0.3) is 0 Å². The average Bonchev–Trinajstić information content (AvgIpc) is 2.77. The number of aromatic nitrogens is 2. The van der Waals surface area contributed by atoms with Crippen LogP contribution in [0.3, 0.4) is 0 Å². The number of alkyl halides is 7. The Balaban J connectivity index is 1.90. The second kappa shape index (κ2) is 11.2. The highest BCUT2D eigenvalue weighted by Crippen LogP contribution is 2.30. The van der Waals surface area contributed by atoms with E-state index in [1.165, 1.54) is 24.4 Å². The molecule has 0 aliphatic rings. The molecule has 6 nitrogen and oxygen atoms in total. The fourth-order valence-corrected chi connectivity index (χ4v) is 3.31. The topological polar surface area (TPSA) is 67.7 Å². The van der Waals surface area contributed by atoms with Crippen LogP contribution < -0.4 is 14.4 Å². The third kappa shape index (κ3) is 7.94. The molecule has 1 atom stereocenters. The van der Waals surface area contributed by atoms with E-state index in [0.717, 1.165) is 28.2 Å². The summed E-state index contributed by atoms with van der Waals surface area (Å²) in [5.41, 5.74) is 1.90. The van der Waals surface area contributed by atoms with Gasteiger partial charge < -0.3 is 19.5 Å². The Morgan fingerprint density at radius 1 is 0.946 bits per heavy atom. The van der Waals surface area contributed by atoms with Crippen molar-refractivity contribution in [3.05, 3.63) is 71.4 Å². The van der Waals surface area contributed by atoms with Crippen LogP contribution in [-0.4, -0.2) is 46.4 Å². The second-order valence-electron chi connectivity index (χ2n) is 8.17. The SMILES string of the molecule is Cc1cc(C)cc(Oc2ccnc(N(Cc3cccc(OC(F)(F)C(F)F)c3)CC(O)C(F)(F)F)n2)c1. The summed E-state index contributed by atoms with van der Waals surface area (Å²) in [6, 6.07) is 11.2. The van der Waals surface area contributed by atoms with E-state index in [4.69, 9.17) is 4.74 Å². The molecule has 13 heteroatoms. The van der Waals surface area contributed by atoms with Crippen LogP contribution in [0.4, 0.5) is 36.7 Å². The van der Waals surface area contributed by atoms with E-state index in [1.807, 2.05) is 19.9 Å². The maximum atomic E-state index is 13.3. The first-order chi connectivity index (χ1) is 17.2. The molecule has 0 spiro atoms. The molecule has 0 bridgehead atoms. The van der Waals surface area contributed by atoms with Gasteiger partial charge in [-0.3, -0.25) is 0 Å². The molecular formula is C24H22F7N3O3. The quantitative estimate of drug-likeness (QED) is 0.320. The Bertz CT molecular complexity index is 1190. The molecule has 200 valence electrons. The van der Waals surface area contributed by atoms with E-state index >= 15 is 0 Å². The van der Waals surface area contributed by atoms with Gasteiger partial charge in [-0.1, -0.05) is 18.2 Å². The number of aryl methyl sites for hydroxylation is 2. The van der Waals surface area contributed by atoms with Crippen molar-refractivity contribution in [2.75, 3.05) is 11.4 Å². The highest BCUT2D eigenvalue weighted by atomic mass is 19.4. The minimum absolute atomic E-state index is 0.00448. The molecule has 0 saturated carbocycles. The molecule has 37 heavy (non-hydrogen) atoms. The number of nitrogens with zero attached hydrogens (tertiary/aromatic N) is 3. The summed E-state index contributed by atoms with van der Waals surface area (Å²) >= 11 is 0. The largest absolute Gasteiger partial charge is 0.461 e. The molecule has 0 fully saturated rings. The maximum absolute atomic E-state index is 13.3. The second-order valence-corrected chi connectivity index (χ2v) is 8.17. The number of anilines is 1. The van der Waals surface area contributed by atoms with Crippen LogP contribution in [0.2, 0.25) is 0 Å². The zero-order valence-corrected chi connectivity index (χ0v) is 19.5. The molecular weight excluding hydrogens is 511 g/mol. The zero-order chi connectivity index (χ0) is 27.4. The van der Waals surface area contributed by atoms with Crippen LogP contribution >= 0.6 is 0 Å². The molecule has 0 saturated heterocycles. The number of rotatable bonds is 10. The number of aliphatic hydroxyl groups is 1. The summed E-state index contributed by atoms with van der Waals surface area (Å²) < 4.78 is 101. The predicted molar refractivity (Wildman–Crippen MR) is 119 cm³/mol. The Hall–Kier alpha value is -3.61. The first kappa shape index (κ1) is 28.0. The van der Waals surface area contributed by atoms with Crippen molar-refractivity contribution in [1.82, 2.24) is 9.97 Å². The standard InChI is InChI=1S/C24H22F7N3O3/c1-14-8-15(2)10-18(9-14)36-20-6-7-32-22(33-20)34(13-19(35)23(27,28)29)12-16-4-3-5-17(11-16)37-24(30,31)21(25)26/h3-11,19,21,35H,12-13H2,1-2H3.